The van der Waals surface area contributed by atoms with E-state index in [-0.39, 0.29) is 13.2 Å². The van der Waals surface area contributed by atoms with Crippen LogP contribution in [0.3, 0.4) is 0 Å². The molecule has 6 heteroatoms. The Morgan fingerprint density at radius 3 is 2.43 bits per heavy atom. The first-order valence-electron chi connectivity index (χ1n) is 6.84. The van der Waals surface area contributed by atoms with Crippen molar-refractivity contribution in [1.29, 1.82) is 0 Å². The lowest BCUT2D eigenvalue weighted by Gasteiger charge is -2.33. The SMILES string of the molecule is CCC(CO)(CO)NC(=O)C(c1cccc(F)c1)N(C)C. The largest absolute Gasteiger partial charge is 0.394 e. The number of carbonyl (C=O) groups is 1. The van der Waals surface area contributed by atoms with Crippen LogP contribution in [0.25, 0.3) is 0 Å². The minimum absolute atomic E-state index is 0.366. The van der Waals surface area contributed by atoms with Gasteiger partial charge in [0.05, 0.1) is 18.8 Å². The molecule has 118 valence electrons. The Morgan fingerprint density at radius 2 is 2.00 bits per heavy atom. The Balaban J connectivity index is 3.04. The predicted octanol–water partition coefficient (Wildman–Crippen LogP) is 0.678. The Morgan fingerprint density at radius 1 is 1.38 bits per heavy atom. The van der Waals surface area contributed by atoms with Crippen LogP contribution in [0, 0.1) is 5.82 Å². The van der Waals surface area contributed by atoms with Gasteiger partial charge in [0.2, 0.25) is 5.91 Å². The number of likely N-dealkylation sites (N-methyl/N-ethyl adjacent to an activating group) is 1. The van der Waals surface area contributed by atoms with E-state index in [0.717, 1.165) is 0 Å². The number of hydrogen-bond donors (Lipinski definition) is 3. The highest BCUT2D eigenvalue weighted by molar-refractivity contribution is 5.83. The van der Waals surface area contributed by atoms with Gasteiger partial charge in [-0.3, -0.25) is 9.69 Å². The molecule has 5 nitrogen and oxygen atoms in total. The van der Waals surface area contributed by atoms with Crippen molar-refractivity contribution in [2.24, 2.45) is 0 Å². The van der Waals surface area contributed by atoms with Gasteiger partial charge < -0.3 is 15.5 Å². The maximum atomic E-state index is 13.4. The first-order chi connectivity index (χ1) is 9.89. The number of amides is 1. The van der Waals surface area contributed by atoms with Crippen LogP contribution < -0.4 is 5.32 Å². The van der Waals surface area contributed by atoms with E-state index in [2.05, 4.69) is 5.32 Å². The summed E-state index contributed by atoms with van der Waals surface area (Å²) in [6.45, 7) is 1.03. The second-order valence-electron chi connectivity index (χ2n) is 5.36. The third-order valence-corrected chi connectivity index (χ3v) is 3.60. The highest BCUT2D eigenvalue weighted by Crippen LogP contribution is 2.21. The molecule has 0 saturated heterocycles. The average Bonchev–Trinajstić information content (AvgIpc) is 2.45. The fourth-order valence-electron chi connectivity index (χ4n) is 2.13. The van der Waals surface area contributed by atoms with Gasteiger partial charge >= 0.3 is 0 Å². The molecule has 0 aliphatic rings. The Kier molecular flexibility index (Phi) is 6.26. The quantitative estimate of drug-likeness (QED) is 0.692. The number of aliphatic hydroxyl groups is 2. The zero-order valence-electron chi connectivity index (χ0n) is 12.6. The summed E-state index contributed by atoms with van der Waals surface area (Å²) in [7, 11) is 3.42. The standard InChI is InChI=1S/C15H23FN2O3/c1-4-15(9-19,10-20)17-14(21)13(18(2)3)11-6-5-7-12(16)8-11/h5-8,13,19-20H,4,9-10H2,1-3H3,(H,17,21). The van der Waals surface area contributed by atoms with Crippen LogP contribution in [0.1, 0.15) is 24.9 Å². The molecule has 0 spiro atoms. The fraction of sp³-hybridized carbons (Fsp3) is 0.533. The fourth-order valence-corrected chi connectivity index (χ4v) is 2.13. The number of hydrogen-bond acceptors (Lipinski definition) is 4. The zero-order chi connectivity index (χ0) is 16.0. The molecule has 0 radical (unpaired) electrons. The molecule has 0 aliphatic carbocycles. The summed E-state index contributed by atoms with van der Waals surface area (Å²) in [5, 5.41) is 21.5. The average molecular weight is 298 g/mol. The van der Waals surface area contributed by atoms with Crippen LogP contribution in [0.15, 0.2) is 24.3 Å². The third-order valence-electron chi connectivity index (χ3n) is 3.60. The molecule has 21 heavy (non-hydrogen) atoms. The molecular formula is C15H23FN2O3. The van der Waals surface area contributed by atoms with Gasteiger partial charge in [-0.15, -0.1) is 0 Å². The van der Waals surface area contributed by atoms with E-state index < -0.39 is 23.3 Å². The van der Waals surface area contributed by atoms with Crippen molar-refractivity contribution in [3.8, 4) is 0 Å². The first-order valence-corrected chi connectivity index (χ1v) is 6.84. The second kappa shape index (κ2) is 7.49. The number of halogens is 1. The van der Waals surface area contributed by atoms with Gasteiger partial charge in [0.1, 0.15) is 11.9 Å². The van der Waals surface area contributed by atoms with E-state index in [0.29, 0.717) is 12.0 Å². The lowest BCUT2D eigenvalue weighted by atomic mass is 9.96. The summed E-state index contributed by atoms with van der Waals surface area (Å²) < 4.78 is 13.4. The summed E-state index contributed by atoms with van der Waals surface area (Å²) >= 11 is 0. The van der Waals surface area contributed by atoms with Crippen molar-refractivity contribution in [3.05, 3.63) is 35.6 Å². The van der Waals surface area contributed by atoms with Crippen LogP contribution in [0.4, 0.5) is 4.39 Å². The second-order valence-corrected chi connectivity index (χ2v) is 5.36. The van der Waals surface area contributed by atoms with E-state index in [4.69, 9.17) is 0 Å². The molecule has 1 aromatic rings. The van der Waals surface area contributed by atoms with E-state index >= 15 is 0 Å². The van der Waals surface area contributed by atoms with Crippen molar-refractivity contribution >= 4 is 5.91 Å². The molecule has 1 aromatic carbocycles. The van der Waals surface area contributed by atoms with Gasteiger partial charge in [-0.25, -0.2) is 4.39 Å². The maximum absolute atomic E-state index is 13.4. The minimum Gasteiger partial charge on any atom is -0.394 e. The number of carbonyl (C=O) groups excluding carboxylic acids is 1. The first kappa shape index (κ1) is 17.6. The molecule has 0 aliphatic heterocycles. The van der Waals surface area contributed by atoms with Gasteiger partial charge in [-0.2, -0.15) is 0 Å². The Labute approximate surface area is 124 Å². The maximum Gasteiger partial charge on any atom is 0.242 e. The van der Waals surface area contributed by atoms with E-state index in [1.165, 1.54) is 12.1 Å². The summed E-state index contributed by atoms with van der Waals surface area (Å²) in [5.74, 6) is -0.811. The van der Waals surface area contributed by atoms with Crippen molar-refractivity contribution in [1.82, 2.24) is 10.2 Å². The van der Waals surface area contributed by atoms with Crippen molar-refractivity contribution < 1.29 is 19.4 Å². The van der Waals surface area contributed by atoms with Gasteiger partial charge in [0, 0.05) is 0 Å². The lowest BCUT2D eigenvalue weighted by molar-refractivity contribution is -0.129. The lowest BCUT2D eigenvalue weighted by Crippen LogP contribution is -2.56. The van der Waals surface area contributed by atoms with Crippen molar-refractivity contribution in [2.45, 2.75) is 24.9 Å². The van der Waals surface area contributed by atoms with Gasteiger partial charge in [0.15, 0.2) is 0 Å². The van der Waals surface area contributed by atoms with Gasteiger partial charge in [-0.1, -0.05) is 19.1 Å². The molecule has 0 aromatic heterocycles. The summed E-state index contributed by atoms with van der Waals surface area (Å²) in [6.07, 6.45) is 0.384. The molecule has 1 amide bonds. The number of rotatable bonds is 7. The molecule has 1 rings (SSSR count). The molecule has 0 bridgehead atoms. The topological polar surface area (TPSA) is 72.8 Å². The van der Waals surface area contributed by atoms with Gasteiger partial charge in [-0.05, 0) is 38.2 Å². The number of nitrogens with zero attached hydrogens (tertiary/aromatic N) is 1. The molecular weight excluding hydrogens is 275 g/mol. The van der Waals surface area contributed by atoms with Crippen LogP contribution in [0.5, 0.6) is 0 Å². The normalized spacial score (nSPS) is 13.3. The molecule has 0 saturated carbocycles. The zero-order valence-corrected chi connectivity index (χ0v) is 12.6. The highest BCUT2D eigenvalue weighted by Gasteiger charge is 2.33. The minimum atomic E-state index is -1.07. The van der Waals surface area contributed by atoms with Crippen LogP contribution in [0.2, 0.25) is 0 Å². The predicted molar refractivity (Wildman–Crippen MR) is 78.2 cm³/mol. The third kappa shape index (κ3) is 4.23. The molecule has 1 unspecified atom stereocenters. The molecule has 0 heterocycles. The number of nitrogens with one attached hydrogen (secondary N) is 1. The van der Waals surface area contributed by atoms with Crippen molar-refractivity contribution in [3.63, 3.8) is 0 Å². The molecule has 1 atom stereocenters. The van der Waals surface area contributed by atoms with E-state index in [9.17, 15) is 19.4 Å². The van der Waals surface area contributed by atoms with Crippen LogP contribution in [-0.4, -0.2) is 53.9 Å². The van der Waals surface area contributed by atoms with Gasteiger partial charge in [0.25, 0.3) is 0 Å². The van der Waals surface area contributed by atoms with E-state index in [1.807, 2.05) is 0 Å². The smallest absolute Gasteiger partial charge is 0.242 e. The van der Waals surface area contributed by atoms with Crippen molar-refractivity contribution in [2.75, 3.05) is 27.3 Å². The molecule has 3 N–H and O–H groups in total. The van der Waals surface area contributed by atoms with E-state index in [1.54, 1.807) is 38.1 Å². The number of benzene rings is 1. The summed E-state index contributed by atoms with van der Waals surface area (Å²) in [5.41, 5.74) is -0.558. The monoisotopic (exact) mass is 298 g/mol. The highest BCUT2D eigenvalue weighted by atomic mass is 19.1. The van der Waals surface area contributed by atoms with Crippen LogP contribution >= 0.6 is 0 Å². The Bertz CT molecular complexity index is 467. The molecule has 0 fully saturated rings. The summed E-state index contributed by atoms with van der Waals surface area (Å²) in [6, 6.07) is 5.12. The summed E-state index contributed by atoms with van der Waals surface area (Å²) in [4.78, 5) is 14.1. The Hall–Kier alpha value is -1.50. The van der Waals surface area contributed by atoms with Crippen LogP contribution in [-0.2, 0) is 4.79 Å². The number of aliphatic hydroxyl groups excluding tert-OH is 2.